The van der Waals surface area contributed by atoms with E-state index in [1.165, 1.54) is 0 Å². The number of nitrogens with zero attached hydrogens (tertiary/aromatic N) is 3. The Kier molecular flexibility index (Phi) is 4.39. The lowest BCUT2D eigenvalue weighted by Crippen LogP contribution is -2.44. The maximum atomic E-state index is 12.1. The summed E-state index contributed by atoms with van der Waals surface area (Å²) in [6.45, 7) is 8.48. The van der Waals surface area contributed by atoms with Crippen molar-refractivity contribution in [2.75, 3.05) is 13.1 Å². The van der Waals surface area contributed by atoms with Crippen molar-refractivity contribution in [2.24, 2.45) is 5.92 Å². The van der Waals surface area contributed by atoms with Crippen LogP contribution in [0.3, 0.4) is 0 Å². The van der Waals surface area contributed by atoms with E-state index < -0.39 is 11.6 Å². The van der Waals surface area contributed by atoms with Crippen LogP contribution in [0.2, 0.25) is 0 Å². The molecular weight excluding hydrogens is 288 g/mol. The van der Waals surface area contributed by atoms with Crippen LogP contribution in [-0.4, -0.2) is 56.2 Å². The number of nitrogens with one attached hydrogen (secondary N) is 1. The number of carboxylic acid groups (broad SMARTS) is 1. The van der Waals surface area contributed by atoms with E-state index in [1.807, 2.05) is 27.7 Å². The SMILES string of the molecule is CC1CN(C(=O)OC(C)(C)C)CCC1c1n[nH]nc1C(=O)O. The number of hydrogen-bond acceptors (Lipinski definition) is 5. The quantitative estimate of drug-likeness (QED) is 0.863. The van der Waals surface area contributed by atoms with Crippen molar-refractivity contribution in [1.29, 1.82) is 0 Å². The molecule has 2 unspecified atom stereocenters. The van der Waals surface area contributed by atoms with Gasteiger partial charge in [-0.15, -0.1) is 5.10 Å². The summed E-state index contributed by atoms with van der Waals surface area (Å²) in [7, 11) is 0. The second-order valence-electron chi connectivity index (χ2n) is 6.66. The summed E-state index contributed by atoms with van der Waals surface area (Å²) in [6.07, 6.45) is 0.296. The smallest absolute Gasteiger partial charge is 0.410 e. The number of carbonyl (C=O) groups excluding carboxylic acids is 1. The van der Waals surface area contributed by atoms with Crippen LogP contribution in [0.25, 0.3) is 0 Å². The number of H-pyrrole nitrogens is 1. The van der Waals surface area contributed by atoms with Gasteiger partial charge in [-0.3, -0.25) is 0 Å². The lowest BCUT2D eigenvalue weighted by molar-refractivity contribution is 0.0152. The van der Waals surface area contributed by atoms with E-state index >= 15 is 0 Å². The molecule has 1 saturated heterocycles. The maximum Gasteiger partial charge on any atom is 0.410 e. The van der Waals surface area contributed by atoms with Crippen molar-refractivity contribution in [1.82, 2.24) is 20.3 Å². The predicted octanol–water partition coefficient (Wildman–Crippen LogP) is 1.86. The van der Waals surface area contributed by atoms with Gasteiger partial charge in [0.2, 0.25) is 0 Å². The van der Waals surface area contributed by atoms with Crippen LogP contribution in [0.15, 0.2) is 0 Å². The Bertz CT molecular complexity index is 563. The van der Waals surface area contributed by atoms with Crippen LogP contribution in [0, 0.1) is 5.92 Å². The Morgan fingerprint density at radius 2 is 2.05 bits per heavy atom. The van der Waals surface area contributed by atoms with Crippen LogP contribution in [0.4, 0.5) is 4.79 Å². The zero-order valence-corrected chi connectivity index (χ0v) is 13.3. The minimum absolute atomic E-state index is 0.0384. The Labute approximate surface area is 128 Å². The summed E-state index contributed by atoms with van der Waals surface area (Å²) < 4.78 is 5.37. The van der Waals surface area contributed by atoms with Crippen molar-refractivity contribution in [2.45, 2.75) is 45.6 Å². The van der Waals surface area contributed by atoms with E-state index in [2.05, 4.69) is 15.4 Å². The fourth-order valence-corrected chi connectivity index (χ4v) is 2.70. The second-order valence-corrected chi connectivity index (χ2v) is 6.66. The Balaban J connectivity index is 2.06. The highest BCUT2D eigenvalue weighted by atomic mass is 16.6. The lowest BCUT2D eigenvalue weighted by atomic mass is 9.84. The van der Waals surface area contributed by atoms with Gasteiger partial charge in [0.15, 0.2) is 5.69 Å². The number of aromatic amines is 1. The number of amides is 1. The maximum absolute atomic E-state index is 12.1. The van der Waals surface area contributed by atoms with Gasteiger partial charge in [0, 0.05) is 19.0 Å². The van der Waals surface area contributed by atoms with Gasteiger partial charge >= 0.3 is 12.1 Å². The van der Waals surface area contributed by atoms with Gasteiger partial charge in [-0.2, -0.15) is 10.3 Å². The standard InChI is InChI=1S/C14H22N4O4/c1-8-7-18(13(21)22-14(2,3)4)6-5-9(8)10-11(12(19)20)16-17-15-10/h8-9H,5-7H2,1-4H3,(H,19,20)(H,15,16,17). The van der Waals surface area contributed by atoms with Gasteiger partial charge in [0.25, 0.3) is 0 Å². The molecule has 1 aromatic heterocycles. The van der Waals surface area contributed by atoms with E-state index in [0.717, 1.165) is 0 Å². The number of hydrogen-bond donors (Lipinski definition) is 2. The molecular formula is C14H22N4O4. The molecule has 0 aromatic carbocycles. The predicted molar refractivity (Wildman–Crippen MR) is 77.7 cm³/mol. The third-order valence-electron chi connectivity index (χ3n) is 3.69. The molecule has 1 aromatic rings. The van der Waals surface area contributed by atoms with Crippen molar-refractivity contribution < 1.29 is 19.4 Å². The van der Waals surface area contributed by atoms with Crippen LogP contribution >= 0.6 is 0 Å². The first kappa shape index (κ1) is 16.3. The molecule has 122 valence electrons. The molecule has 1 amide bonds. The van der Waals surface area contributed by atoms with Crippen LogP contribution in [0.1, 0.15) is 56.2 Å². The van der Waals surface area contributed by atoms with E-state index in [-0.39, 0.29) is 23.6 Å². The molecule has 22 heavy (non-hydrogen) atoms. The monoisotopic (exact) mass is 310 g/mol. The topological polar surface area (TPSA) is 108 Å². The number of likely N-dealkylation sites (tertiary alicyclic amines) is 1. The molecule has 1 aliphatic rings. The molecule has 0 spiro atoms. The lowest BCUT2D eigenvalue weighted by Gasteiger charge is -2.36. The van der Waals surface area contributed by atoms with Gasteiger partial charge in [0.05, 0.1) is 0 Å². The average Bonchev–Trinajstić information content (AvgIpc) is 2.85. The number of carboxylic acids is 1. The molecule has 2 atom stereocenters. The van der Waals surface area contributed by atoms with Crippen LogP contribution < -0.4 is 0 Å². The first-order valence-corrected chi connectivity index (χ1v) is 7.31. The Hall–Kier alpha value is -2.12. The number of aromatic carboxylic acids is 1. The van der Waals surface area contributed by atoms with Gasteiger partial charge in [-0.05, 0) is 33.1 Å². The van der Waals surface area contributed by atoms with E-state index in [0.29, 0.717) is 25.2 Å². The van der Waals surface area contributed by atoms with Crippen molar-refractivity contribution in [3.63, 3.8) is 0 Å². The highest BCUT2D eigenvalue weighted by molar-refractivity contribution is 5.86. The Morgan fingerprint density at radius 3 is 2.59 bits per heavy atom. The third-order valence-corrected chi connectivity index (χ3v) is 3.69. The van der Waals surface area contributed by atoms with E-state index in [1.54, 1.807) is 4.90 Å². The number of rotatable bonds is 2. The summed E-state index contributed by atoms with van der Waals surface area (Å²) in [5, 5.41) is 19.2. The Morgan fingerprint density at radius 1 is 1.36 bits per heavy atom. The second kappa shape index (κ2) is 5.94. The summed E-state index contributed by atoms with van der Waals surface area (Å²) >= 11 is 0. The normalized spacial score (nSPS) is 22.5. The van der Waals surface area contributed by atoms with Crippen molar-refractivity contribution >= 4 is 12.1 Å². The number of carbonyl (C=O) groups is 2. The number of piperidine rings is 1. The molecule has 8 heteroatoms. The van der Waals surface area contributed by atoms with Gasteiger partial charge in [-0.1, -0.05) is 6.92 Å². The number of aromatic nitrogens is 3. The molecule has 0 bridgehead atoms. The zero-order valence-electron chi connectivity index (χ0n) is 13.3. The highest BCUT2D eigenvalue weighted by Gasteiger charge is 2.35. The highest BCUT2D eigenvalue weighted by Crippen LogP contribution is 2.33. The molecule has 8 nitrogen and oxygen atoms in total. The molecule has 0 aliphatic carbocycles. The molecule has 2 N–H and O–H groups in total. The van der Waals surface area contributed by atoms with Gasteiger partial charge < -0.3 is 14.7 Å². The molecule has 2 heterocycles. The fraction of sp³-hybridized carbons (Fsp3) is 0.714. The van der Waals surface area contributed by atoms with Crippen LogP contribution in [0.5, 0.6) is 0 Å². The minimum Gasteiger partial charge on any atom is -0.476 e. The largest absolute Gasteiger partial charge is 0.476 e. The summed E-state index contributed by atoms with van der Waals surface area (Å²) in [4.78, 5) is 24.9. The van der Waals surface area contributed by atoms with Gasteiger partial charge in [-0.25, -0.2) is 9.59 Å². The first-order chi connectivity index (χ1) is 10.2. The summed E-state index contributed by atoms with van der Waals surface area (Å²) in [5.41, 5.74) is -0.105. The summed E-state index contributed by atoms with van der Waals surface area (Å²) in [6, 6.07) is 0. The minimum atomic E-state index is -1.09. The molecule has 1 fully saturated rings. The third kappa shape index (κ3) is 3.55. The number of ether oxygens (including phenoxy) is 1. The fourth-order valence-electron chi connectivity index (χ4n) is 2.70. The van der Waals surface area contributed by atoms with E-state index in [4.69, 9.17) is 9.84 Å². The van der Waals surface area contributed by atoms with Crippen LogP contribution in [-0.2, 0) is 4.74 Å². The van der Waals surface area contributed by atoms with Crippen molar-refractivity contribution in [3.05, 3.63) is 11.4 Å². The average molecular weight is 310 g/mol. The van der Waals surface area contributed by atoms with Crippen molar-refractivity contribution in [3.8, 4) is 0 Å². The van der Waals surface area contributed by atoms with E-state index in [9.17, 15) is 9.59 Å². The summed E-state index contributed by atoms with van der Waals surface area (Å²) in [5.74, 6) is -1.06. The molecule has 0 saturated carbocycles. The molecule has 1 aliphatic heterocycles. The zero-order chi connectivity index (χ0) is 16.5. The molecule has 0 radical (unpaired) electrons. The first-order valence-electron chi connectivity index (χ1n) is 7.31. The molecule has 2 rings (SSSR count). The van der Waals surface area contributed by atoms with Gasteiger partial charge in [0.1, 0.15) is 11.3 Å².